The second-order valence-electron chi connectivity index (χ2n) is 5.19. The molecule has 2 fully saturated rings. The maximum atomic E-state index is 11.5. The molecular weight excluding hydrogens is 224 g/mol. The van der Waals surface area contributed by atoms with Gasteiger partial charge in [-0.15, -0.1) is 12.4 Å². The molecule has 0 saturated heterocycles. The van der Waals surface area contributed by atoms with Gasteiger partial charge in [-0.3, -0.25) is 4.79 Å². The Hall–Kier alpha value is -0.280. The molecule has 0 spiro atoms. The van der Waals surface area contributed by atoms with Crippen LogP contribution in [0.4, 0.5) is 0 Å². The number of halogens is 1. The van der Waals surface area contributed by atoms with E-state index in [-0.39, 0.29) is 24.4 Å². The van der Waals surface area contributed by atoms with Gasteiger partial charge in [-0.25, -0.2) is 0 Å². The predicted molar refractivity (Wildman–Crippen MR) is 67.5 cm³/mol. The number of nitrogens with one attached hydrogen (secondary N) is 1. The zero-order chi connectivity index (χ0) is 10.8. The first-order valence-electron chi connectivity index (χ1n) is 6.24. The lowest BCUT2D eigenvalue weighted by Gasteiger charge is -2.22. The average molecular weight is 247 g/mol. The third-order valence-electron chi connectivity index (χ3n) is 4.20. The minimum Gasteiger partial charge on any atom is -0.354 e. The van der Waals surface area contributed by atoms with Gasteiger partial charge in [0.1, 0.15) is 0 Å². The van der Waals surface area contributed by atoms with E-state index in [1.165, 1.54) is 25.7 Å². The van der Waals surface area contributed by atoms with Crippen molar-refractivity contribution >= 4 is 18.3 Å². The number of rotatable bonds is 4. The summed E-state index contributed by atoms with van der Waals surface area (Å²) >= 11 is 0. The van der Waals surface area contributed by atoms with E-state index in [4.69, 9.17) is 5.73 Å². The molecule has 2 rings (SSSR count). The summed E-state index contributed by atoms with van der Waals surface area (Å²) in [6.07, 6.45) is 6.25. The van der Waals surface area contributed by atoms with E-state index in [0.717, 1.165) is 30.7 Å². The minimum absolute atomic E-state index is 0. The number of nitrogens with two attached hydrogens (primary N) is 1. The molecule has 2 saturated carbocycles. The highest BCUT2D eigenvalue weighted by Crippen LogP contribution is 2.47. The lowest BCUT2D eigenvalue weighted by Crippen LogP contribution is -2.42. The molecule has 2 aliphatic carbocycles. The number of carbonyl (C=O) groups excluding carboxylic acids is 1. The summed E-state index contributed by atoms with van der Waals surface area (Å²) in [6.45, 7) is 2.80. The van der Waals surface area contributed by atoms with Crippen molar-refractivity contribution in [1.82, 2.24) is 5.32 Å². The normalized spacial score (nSPS) is 33.2. The van der Waals surface area contributed by atoms with Crippen molar-refractivity contribution in [2.45, 2.75) is 45.1 Å². The Morgan fingerprint density at radius 2 is 2.19 bits per heavy atom. The summed E-state index contributed by atoms with van der Waals surface area (Å²) in [4.78, 5) is 11.5. The van der Waals surface area contributed by atoms with Crippen LogP contribution in [0, 0.1) is 17.8 Å². The van der Waals surface area contributed by atoms with Crippen LogP contribution >= 0.6 is 12.4 Å². The van der Waals surface area contributed by atoms with Crippen LogP contribution in [-0.2, 0) is 4.79 Å². The molecule has 4 atom stereocenters. The van der Waals surface area contributed by atoms with E-state index < -0.39 is 0 Å². The van der Waals surface area contributed by atoms with Crippen molar-refractivity contribution in [2.24, 2.45) is 23.5 Å². The first-order valence-corrected chi connectivity index (χ1v) is 6.24. The van der Waals surface area contributed by atoms with Gasteiger partial charge in [-0.1, -0.05) is 13.3 Å². The lowest BCUT2D eigenvalue weighted by atomic mass is 9.89. The minimum atomic E-state index is -0.316. The van der Waals surface area contributed by atoms with Gasteiger partial charge in [0.15, 0.2) is 0 Å². The van der Waals surface area contributed by atoms with E-state index in [1.807, 2.05) is 6.92 Å². The molecule has 3 nitrogen and oxygen atoms in total. The number of hydrogen-bond acceptors (Lipinski definition) is 2. The molecule has 16 heavy (non-hydrogen) atoms. The number of carbonyl (C=O) groups is 1. The van der Waals surface area contributed by atoms with Crippen LogP contribution < -0.4 is 11.1 Å². The van der Waals surface area contributed by atoms with Crippen molar-refractivity contribution in [1.29, 1.82) is 0 Å². The molecule has 0 radical (unpaired) electrons. The van der Waals surface area contributed by atoms with E-state index >= 15 is 0 Å². The van der Waals surface area contributed by atoms with E-state index in [2.05, 4.69) is 5.32 Å². The Bertz CT molecular complexity index is 247. The van der Waals surface area contributed by atoms with Gasteiger partial charge in [-0.05, 0) is 43.4 Å². The predicted octanol–water partition coefficient (Wildman–Crippen LogP) is 1.70. The maximum absolute atomic E-state index is 11.5. The average Bonchev–Trinajstić information content (AvgIpc) is 2.86. The van der Waals surface area contributed by atoms with Crippen molar-refractivity contribution in [2.75, 3.05) is 6.54 Å². The molecular formula is C12H23ClN2O. The highest BCUT2D eigenvalue weighted by atomic mass is 35.5. The zero-order valence-electron chi connectivity index (χ0n) is 9.95. The summed E-state index contributed by atoms with van der Waals surface area (Å²) in [7, 11) is 0. The quantitative estimate of drug-likeness (QED) is 0.793. The Balaban J connectivity index is 0.00000128. The van der Waals surface area contributed by atoms with Crippen LogP contribution in [0.1, 0.15) is 39.0 Å². The maximum Gasteiger partial charge on any atom is 0.236 e. The zero-order valence-corrected chi connectivity index (χ0v) is 10.8. The highest BCUT2D eigenvalue weighted by molar-refractivity contribution is 5.85. The van der Waals surface area contributed by atoms with Crippen molar-refractivity contribution in [3.63, 3.8) is 0 Å². The fraction of sp³-hybridized carbons (Fsp3) is 0.917. The Morgan fingerprint density at radius 3 is 2.69 bits per heavy atom. The van der Waals surface area contributed by atoms with Gasteiger partial charge in [-0.2, -0.15) is 0 Å². The van der Waals surface area contributed by atoms with Gasteiger partial charge in [0.2, 0.25) is 5.91 Å². The number of hydrogen-bond donors (Lipinski definition) is 2. The second-order valence-corrected chi connectivity index (χ2v) is 5.19. The summed E-state index contributed by atoms with van der Waals surface area (Å²) < 4.78 is 0. The topological polar surface area (TPSA) is 55.1 Å². The third kappa shape index (κ3) is 2.89. The van der Waals surface area contributed by atoms with Gasteiger partial charge in [0.05, 0.1) is 6.04 Å². The molecule has 0 heterocycles. The molecule has 0 aliphatic heterocycles. The lowest BCUT2D eigenvalue weighted by molar-refractivity contribution is -0.122. The molecule has 0 aromatic rings. The van der Waals surface area contributed by atoms with Crippen LogP contribution in [0.25, 0.3) is 0 Å². The van der Waals surface area contributed by atoms with Gasteiger partial charge in [0, 0.05) is 6.54 Å². The fourth-order valence-electron chi connectivity index (χ4n) is 3.17. The summed E-state index contributed by atoms with van der Waals surface area (Å²) in [5.41, 5.74) is 5.67. The van der Waals surface area contributed by atoms with Gasteiger partial charge >= 0.3 is 0 Å². The van der Waals surface area contributed by atoms with Gasteiger partial charge in [0.25, 0.3) is 0 Å². The molecule has 0 aromatic heterocycles. The van der Waals surface area contributed by atoms with E-state index in [1.54, 1.807) is 0 Å². The van der Waals surface area contributed by atoms with Crippen LogP contribution in [0.15, 0.2) is 0 Å². The third-order valence-corrected chi connectivity index (χ3v) is 4.20. The van der Waals surface area contributed by atoms with Crippen LogP contribution in [0.3, 0.4) is 0 Å². The van der Waals surface area contributed by atoms with Crippen LogP contribution in [0.5, 0.6) is 0 Å². The molecule has 3 N–H and O–H groups in total. The van der Waals surface area contributed by atoms with Crippen LogP contribution in [-0.4, -0.2) is 18.5 Å². The largest absolute Gasteiger partial charge is 0.354 e. The van der Waals surface area contributed by atoms with Crippen molar-refractivity contribution < 1.29 is 4.79 Å². The monoisotopic (exact) mass is 246 g/mol. The Labute approximate surface area is 104 Å². The second kappa shape index (κ2) is 5.87. The molecule has 4 heteroatoms. The molecule has 94 valence electrons. The van der Waals surface area contributed by atoms with Crippen molar-refractivity contribution in [3.8, 4) is 0 Å². The molecule has 0 aromatic carbocycles. The van der Waals surface area contributed by atoms with Crippen molar-refractivity contribution in [3.05, 3.63) is 0 Å². The molecule has 2 aliphatic rings. The smallest absolute Gasteiger partial charge is 0.236 e. The standard InChI is InChI=1S/C12H22N2O.ClH/c1-2-11(13)12(15)14-7-10-6-8-3-4-9(10)5-8;/h8-11H,2-7,13H2,1H3,(H,14,15);1H/t8?,9?,10?,11-;/m0./s1. The molecule has 2 bridgehead atoms. The first-order chi connectivity index (χ1) is 7.20. The van der Waals surface area contributed by atoms with Gasteiger partial charge < -0.3 is 11.1 Å². The Kier molecular flexibility index (Phi) is 5.06. The summed E-state index contributed by atoms with van der Waals surface area (Å²) in [5.74, 6) is 2.60. The van der Waals surface area contributed by atoms with E-state index in [0.29, 0.717) is 0 Å². The van der Waals surface area contributed by atoms with E-state index in [9.17, 15) is 4.79 Å². The molecule has 3 unspecified atom stereocenters. The summed E-state index contributed by atoms with van der Waals surface area (Å²) in [5, 5.41) is 3.00. The first kappa shape index (κ1) is 13.8. The number of fused-ring (bicyclic) bond motifs is 2. The fourth-order valence-corrected chi connectivity index (χ4v) is 3.17. The highest BCUT2D eigenvalue weighted by Gasteiger charge is 2.39. The Morgan fingerprint density at radius 1 is 1.44 bits per heavy atom. The van der Waals surface area contributed by atoms with Crippen LogP contribution in [0.2, 0.25) is 0 Å². The summed E-state index contributed by atoms with van der Waals surface area (Å²) in [6, 6.07) is -0.316. The number of amides is 1. The molecule has 1 amide bonds. The SMILES string of the molecule is CC[C@H](N)C(=O)NCC1CC2CCC1C2.Cl.